The van der Waals surface area contributed by atoms with Crippen molar-refractivity contribution in [1.29, 1.82) is 0 Å². The quantitative estimate of drug-likeness (QED) is 0.685. The van der Waals surface area contributed by atoms with E-state index in [-0.39, 0.29) is 11.3 Å². The minimum Gasteiger partial charge on any atom is -0.507 e. The van der Waals surface area contributed by atoms with Crippen molar-refractivity contribution in [2.45, 2.75) is 25.7 Å². The highest BCUT2D eigenvalue weighted by molar-refractivity contribution is 7.22. The molecular weight excluding hydrogens is 344 g/mol. The first-order chi connectivity index (χ1) is 11.5. The summed E-state index contributed by atoms with van der Waals surface area (Å²) in [6, 6.07) is 9.18. The summed E-state index contributed by atoms with van der Waals surface area (Å²) in [6.07, 6.45) is 2.04. The maximum Gasteiger partial charge on any atom is 0.261 e. The van der Waals surface area contributed by atoms with E-state index in [2.05, 4.69) is 10.3 Å². The minimum absolute atomic E-state index is 0.0244. The first kappa shape index (κ1) is 15.4. The highest BCUT2D eigenvalue weighted by Crippen LogP contribution is 2.46. The summed E-state index contributed by atoms with van der Waals surface area (Å²) < 4.78 is 1.01. The third-order valence-electron chi connectivity index (χ3n) is 4.13. The Morgan fingerprint density at radius 2 is 2.12 bits per heavy atom. The van der Waals surface area contributed by atoms with Crippen molar-refractivity contribution in [3.8, 4) is 5.75 Å². The van der Waals surface area contributed by atoms with Gasteiger partial charge in [-0.25, -0.2) is 4.98 Å². The molecule has 6 heteroatoms. The van der Waals surface area contributed by atoms with E-state index >= 15 is 0 Å². The lowest BCUT2D eigenvalue weighted by Gasteiger charge is -2.09. The lowest BCUT2D eigenvalue weighted by Crippen LogP contribution is -2.12. The van der Waals surface area contributed by atoms with E-state index in [1.54, 1.807) is 6.07 Å². The van der Waals surface area contributed by atoms with Crippen LogP contribution in [-0.4, -0.2) is 16.0 Å². The summed E-state index contributed by atoms with van der Waals surface area (Å²) in [5.41, 5.74) is 2.94. The van der Waals surface area contributed by atoms with Gasteiger partial charge in [0.25, 0.3) is 5.91 Å². The molecule has 0 aliphatic heterocycles. The highest BCUT2D eigenvalue weighted by atomic mass is 35.5. The monoisotopic (exact) mass is 358 g/mol. The first-order valence-corrected chi connectivity index (χ1v) is 8.91. The molecule has 1 aliphatic rings. The Morgan fingerprint density at radius 3 is 2.88 bits per heavy atom. The van der Waals surface area contributed by atoms with Gasteiger partial charge < -0.3 is 5.11 Å². The van der Waals surface area contributed by atoms with Gasteiger partial charge in [0.05, 0.1) is 15.8 Å². The van der Waals surface area contributed by atoms with Crippen molar-refractivity contribution in [3.05, 3.63) is 52.0 Å². The molecule has 3 aromatic rings. The Morgan fingerprint density at radius 1 is 1.33 bits per heavy atom. The highest BCUT2D eigenvalue weighted by Gasteiger charge is 2.29. The average Bonchev–Trinajstić information content (AvgIpc) is 3.30. The lowest BCUT2D eigenvalue weighted by molar-refractivity contribution is 0.102. The Hall–Kier alpha value is -2.11. The zero-order valence-corrected chi connectivity index (χ0v) is 14.5. The molecule has 2 aromatic carbocycles. The molecule has 1 aliphatic carbocycles. The third-order valence-corrected chi connectivity index (χ3v) is 5.28. The number of carbonyl (C=O) groups excluding carboxylic acids is 1. The van der Waals surface area contributed by atoms with Gasteiger partial charge in [-0.2, -0.15) is 0 Å². The number of hydrogen-bond acceptors (Lipinski definition) is 4. The topological polar surface area (TPSA) is 62.2 Å². The van der Waals surface area contributed by atoms with Crippen LogP contribution in [0.3, 0.4) is 0 Å². The van der Waals surface area contributed by atoms with Crippen LogP contribution in [0.15, 0.2) is 30.3 Å². The lowest BCUT2D eigenvalue weighted by atomic mass is 10.0. The Bertz CT molecular complexity index is 963. The SMILES string of the molecule is Cc1ccc2nc(NC(=O)c3cc(Cl)cc(C4CC4)c3O)sc2c1. The first-order valence-electron chi connectivity index (χ1n) is 7.72. The van der Waals surface area contributed by atoms with Crippen molar-refractivity contribution >= 4 is 44.2 Å². The maximum atomic E-state index is 12.6. The fourth-order valence-corrected chi connectivity index (χ4v) is 3.93. The van der Waals surface area contributed by atoms with Crippen LogP contribution in [0.5, 0.6) is 5.75 Å². The molecule has 1 saturated carbocycles. The van der Waals surface area contributed by atoms with Crippen LogP contribution in [0, 0.1) is 6.92 Å². The molecular formula is C18H15ClN2O2S. The number of hydrogen-bond donors (Lipinski definition) is 2. The van der Waals surface area contributed by atoms with Crippen molar-refractivity contribution < 1.29 is 9.90 Å². The number of aryl methyl sites for hydroxylation is 1. The van der Waals surface area contributed by atoms with Gasteiger partial charge in [-0.3, -0.25) is 10.1 Å². The minimum atomic E-state index is -0.396. The van der Waals surface area contributed by atoms with Crippen molar-refractivity contribution in [2.24, 2.45) is 0 Å². The molecule has 4 nitrogen and oxygen atoms in total. The number of aromatic nitrogens is 1. The van der Waals surface area contributed by atoms with Gasteiger partial charge in [0.15, 0.2) is 5.13 Å². The second kappa shape index (κ2) is 5.76. The van der Waals surface area contributed by atoms with Crippen molar-refractivity contribution in [1.82, 2.24) is 4.98 Å². The number of rotatable bonds is 3. The van der Waals surface area contributed by atoms with Gasteiger partial charge in [0, 0.05) is 5.02 Å². The summed E-state index contributed by atoms with van der Waals surface area (Å²) in [5, 5.41) is 14.1. The van der Waals surface area contributed by atoms with Crippen LogP contribution in [0.2, 0.25) is 5.02 Å². The number of aromatic hydroxyl groups is 1. The molecule has 122 valence electrons. The van der Waals surface area contributed by atoms with Gasteiger partial charge in [0.2, 0.25) is 0 Å². The number of phenolic OH excluding ortho intramolecular Hbond substituents is 1. The molecule has 4 rings (SSSR count). The van der Waals surface area contributed by atoms with Crippen LogP contribution in [0.25, 0.3) is 10.2 Å². The van der Waals surface area contributed by atoms with Gasteiger partial charge in [0.1, 0.15) is 5.75 Å². The number of nitrogens with zero attached hydrogens (tertiary/aromatic N) is 1. The Labute approximate surface area is 148 Å². The number of amides is 1. The molecule has 0 atom stereocenters. The fourth-order valence-electron chi connectivity index (χ4n) is 2.75. The van der Waals surface area contributed by atoms with Crippen LogP contribution in [-0.2, 0) is 0 Å². The second-order valence-electron chi connectivity index (χ2n) is 6.11. The zero-order valence-electron chi connectivity index (χ0n) is 13.0. The predicted octanol–water partition coefficient (Wildman–Crippen LogP) is 5.09. The largest absolute Gasteiger partial charge is 0.507 e. The summed E-state index contributed by atoms with van der Waals surface area (Å²) >= 11 is 7.53. The smallest absolute Gasteiger partial charge is 0.261 e. The number of anilines is 1. The number of thiazole rings is 1. The van der Waals surface area contributed by atoms with E-state index in [9.17, 15) is 9.90 Å². The molecule has 0 radical (unpaired) electrons. The van der Waals surface area contributed by atoms with Crippen molar-refractivity contribution in [2.75, 3.05) is 5.32 Å². The van der Waals surface area contributed by atoms with Gasteiger partial charge in [-0.1, -0.05) is 29.0 Å². The normalized spacial score (nSPS) is 14.1. The number of phenols is 1. The standard InChI is InChI=1S/C18H15ClN2O2S/c1-9-2-5-14-15(6-9)24-18(20-14)21-17(23)13-8-11(19)7-12(16(13)22)10-3-4-10/h2,5-8,10,22H,3-4H2,1H3,(H,20,21,23). The molecule has 0 spiro atoms. The molecule has 1 heterocycles. The van der Waals surface area contributed by atoms with Crippen molar-refractivity contribution in [3.63, 3.8) is 0 Å². The van der Waals surface area contributed by atoms with Gasteiger partial charge in [-0.15, -0.1) is 0 Å². The van der Waals surface area contributed by atoms with Crippen LogP contribution in [0.1, 0.15) is 40.2 Å². The molecule has 1 fully saturated rings. The molecule has 0 bridgehead atoms. The molecule has 1 aromatic heterocycles. The number of nitrogens with one attached hydrogen (secondary N) is 1. The van der Waals surface area contributed by atoms with E-state index in [0.29, 0.717) is 16.1 Å². The zero-order chi connectivity index (χ0) is 16.8. The Balaban J connectivity index is 1.65. The average molecular weight is 359 g/mol. The number of carbonyl (C=O) groups is 1. The molecule has 1 amide bonds. The second-order valence-corrected chi connectivity index (χ2v) is 7.58. The van der Waals surface area contributed by atoms with Crippen LogP contribution >= 0.6 is 22.9 Å². The predicted molar refractivity (Wildman–Crippen MR) is 97.4 cm³/mol. The van der Waals surface area contributed by atoms with E-state index in [4.69, 9.17) is 11.6 Å². The summed E-state index contributed by atoms with van der Waals surface area (Å²) in [7, 11) is 0. The summed E-state index contributed by atoms with van der Waals surface area (Å²) in [5.74, 6) is -0.0651. The summed E-state index contributed by atoms with van der Waals surface area (Å²) in [4.78, 5) is 17.0. The molecule has 0 unspecified atom stereocenters. The Kier molecular flexibility index (Phi) is 3.70. The number of benzene rings is 2. The maximum absolute atomic E-state index is 12.6. The van der Waals surface area contributed by atoms with Gasteiger partial charge in [-0.05, 0) is 61.1 Å². The number of halogens is 1. The van der Waals surface area contributed by atoms with E-state index in [1.165, 1.54) is 17.4 Å². The van der Waals surface area contributed by atoms with Crippen LogP contribution in [0.4, 0.5) is 5.13 Å². The molecule has 0 saturated heterocycles. The van der Waals surface area contributed by atoms with Crippen LogP contribution < -0.4 is 5.32 Å². The number of fused-ring (bicyclic) bond motifs is 1. The third kappa shape index (κ3) is 2.85. The van der Waals surface area contributed by atoms with E-state index < -0.39 is 5.91 Å². The summed E-state index contributed by atoms with van der Waals surface area (Å²) in [6.45, 7) is 2.01. The van der Waals surface area contributed by atoms with E-state index in [0.717, 1.165) is 34.2 Å². The van der Waals surface area contributed by atoms with Gasteiger partial charge >= 0.3 is 0 Å². The fraction of sp³-hybridized carbons (Fsp3) is 0.222. The molecule has 24 heavy (non-hydrogen) atoms. The molecule has 2 N–H and O–H groups in total. The van der Waals surface area contributed by atoms with E-state index in [1.807, 2.05) is 25.1 Å².